The fourth-order valence-corrected chi connectivity index (χ4v) is 3.28. The highest BCUT2D eigenvalue weighted by atomic mass is 32.2. The zero-order valence-electron chi connectivity index (χ0n) is 17.8. The van der Waals surface area contributed by atoms with Crippen LogP contribution >= 0.6 is 0 Å². The maximum atomic E-state index is 13.0. The highest BCUT2D eigenvalue weighted by Gasteiger charge is 2.22. The fraction of sp³-hybridized carbons (Fsp3) is 0.381. The average Bonchev–Trinajstić information content (AvgIpc) is 2.70. The summed E-state index contributed by atoms with van der Waals surface area (Å²) in [4.78, 5) is 14.7. The Morgan fingerprint density at radius 1 is 1.07 bits per heavy atom. The van der Waals surface area contributed by atoms with Gasteiger partial charge in [-0.15, -0.1) is 0 Å². The number of methoxy groups -OCH3 is 2. The quantitative estimate of drug-likeness (QED) is 0.600. The molecule has 9 heteroatoms. The van der Waals surface area contributed by atoms with Crippen molar-refractivity contribution in [2.75, 3.05) is 25.8 Å². The maximum Gasteiger partial charge on any atom is 0.322 e. The Labute approximate surface area is 177 Å². The van der Waals surface area contributed by atoms with Gasteiger partial charge in [0.2, 0.25) is 0 Å². The molecule has 1 N–H and O–H groups in total. The number of para-hydroxylation sites is 2. The van der Waals surface area contributed by atoms with Gasteiger partial charge in [-0.1, -0.05) is 25.1 Å². The summed E-state index contributed by atoms with van der Waals surface area (Å²) in [6, 6.07) is 11.7. The number of anilines is 1. The molecule has 2 amide bonds. The minimum absolute atomic E-state index is 0.0684. The molecular weight excluding hydrogens is 408 g/mol. The smallest absolute Gasteiger partial charge is 0.322 e. The Morgan fingerprint density at radius 3 is 2.33 bits per heavy atom. The van der Waals surface area contributed by atoms with E-state index < -0.39 is 10.1 Å². The van der Waals surface area contributed by atoms with Gasteiger partial charge in [0.15, 0.2) is 11.5 Å². The van der Waals surface area contributed by atoms with Crippen molar-refractivity contribution in [3.05, 3.63) is 48.0 Å². The molecule has 0 radical (unpaired) electrons. The molecular formula is C21H28N2O6S. The van der Waals surface area contributed by atoms with E-state index in [1.807, 2.05) is 26.0 Å². The summed E-state index contributed by atoms with van der Waals surface area (Å²) in [6.45, 7) is 4.18. The summed E-state index contributed by atoms with van der Waals surface area (Å²) < 4.78 is 38.6. The van der Waals surface area contributed by atoms with Crippen LogP contribution in [0.5, 0.6) is 17.2 Å². The zero-order chi connectivity index (χ0) is 22.3. The molecule has 30 heavy (non-hydrogen) atoms. The molecule has 0 saturated heterocycles. The third kappa shape index (κ3) is 6.28. The molecule has 1 atom stereocenters. The summed E-state index contributed by atoms with van der Waals surface area (Å²) >= 11 is 0. The number of nitrogens with one attached hydrogen (secondary N) is 1. The van der Waals surface area contributed by atoms with Crippen LogP contribution in [0.4, 0.5) is 10.5 Å². The van der Waals surface area contributed by atoms with Crippen LogP contribution in [0.15, 0.2) is 42.5 Å². The third-order valence-electron chi connectivity index (χ3n) is 4.55. The molecule has 8 nitrogen and oxygen atoms in total. The standard InChI is InChI=1S/C21H28N2O6S/c1-6-15(2)23(21(24)22-17-9-7-8-10-18(17)27-3)14-16-11-12-19(28-4)20(13-16)29-30(5,25)26/h7-13,15H,6,14H2,1-5H3,(H,22,24)/t15-/m0/s1. The monoisotopic (exact) mass is 436 g/mol. The number of hydrogen-bond donors (Lipinski definition) is 1. The van der Waals surface area contributed by atoms with Crippen molar-refractivity contribution in [3.8, 4) is 17.2 Å². The van der Waals surface area contributed by atoms with Crippen molar-refractivity contribution in [1.29, 1.82) is 0 Å². The molecule has 0 unspecified atom stereocenters. The molecule has 2 rings (SSSR count). The highest BCUT2D eigenvalue weighted by Crippen LogP contribution is 2.30. The molecule has 0 aromatic heterocycles. The molecule has 0 heterocycles. The van der Waals surface area contributed by atoms with Crippen LogP contribution < -0.4 is 19.0 Å². The fourth-order valence-electron chi connectivity index (χ4n) is 2.83. The van der Waals surface area contributed by atoms with Gasteiger partial charge in [-0.2, -0.15) is 8.42 Å². The SMILES string of the molecule is CC[C@H](C)N(Cc1ccc(OC)c(OS(C)(=O)=O)c1)C(=O)Nc1ccccc1OC. The van der Waals surface area contributed by atoms with Gasteiger partial charge in [-0.25, -0.2) is 4.79 Å². The summed E-state index contributed by atoms with van der Waals surface area (Å²) in [7, 11) is -0.761. The Kier molecular flexibility index (Phi) is 7.93. The molecule has 0 aliphatic rings. The normalized spacial score (nSPS) is 12.0. The third-order valence-corrected chi connectivity index (χ3v) is 5.04. The zero-order valence-corrected chi connectivity index (χ0v) is 18.7. The molecule has 2 aromatic rings. The first-order valence-corrected chi connectivity index (χ1v) is 11.3. The predicted molar refractivity (Wildman–Crippen MR) is 116 cm³/mol. The number of amides is 2. The number of hydrogen-bond acceptors (Lipinski definition) is 6. The molecule has 0 fully saturated rings. The Bertz CT molecular complexity index is 977. The van der Waals surface area contributed by atoms with E-state index in [9.17, 15) is 13.2 Å². The first kappa shape index (κ1) is 23.3. The molecule has 0 saturated carbocycles. The van der Waals surface area contributed by atoms with Crippen LogP contribution in [0.25, 0.3) is 0 Å². The molecule has 0 spiro atoms. The van der Waals surface area contributed by atoms with E-state index in [2.05, 4.69) is 5.32 Å². The first-order chi connectivity index (χ1) is 14.2. The second kappa shape index (κ2) is 10.2. The molecule has 0 aliphatic heterocycles. The molecule has 164 valence electrons. The van der Waals surface area contributed by atoms with E-state index in [0.29, 0.717) is 17.0 Å². The van der Waals surface area contributed by atoms with Gasteiger partial charge in [0, 0.05) is 12.6 Å². The van der Waals surface area contributed by atoms with E-state index in [4.69, 9.17) is 13.7 Å². The second-order valence-electron chi connectivity index (χ2n) is 6.79. The van der Waals surface area contributed by atoms with Gasteiger partial charge in [-0.05, 0) is 43.2 Å². The van der Waals surface area contributed by atoms with Gasteiger partial charge in [-0.3, -0.25) is 0 Å². The van der Waals surface area contributed by atoms with Crippen molar-refractivity contribution in [2.24, 2.45) is 0 Å². The lowest BCUT2D eigenvalue weighted by Crippen LogP contribution is -2.40. The van der Waals surface area contributed by atoms with Gasteiger partial charge in [0.05, 0.1) is 26.2 Å². The Balaban J connectivity index is 2.30. The topological polar surface area (TPSA) is 94.2 Å². The van der Waals surface area contributed by atoms with Crippen LogP contribution in [0.3, 0.4) is 0 Å². The predicted octanol–water partition coefficient (Wildman–Crippen LogP) is 3.87. The van der Waals surface area contributed by atoms with Gasteiger partial charge >= 0.3 is 16.1 Å². The first-order valence-electron chi connectivity index (χ1n) is 9.45. The largest absolute Gasteiger partial charge is 0.495 e. The summed E-state index contributed by atoms with van der Waals surface area (Å²) in [5, 5.41) is 2.88. The minimum atomic E-state index is -3.73. The van der Waals surface area contributed by atoms with Crippen molar-refractivity contribution in [1.82, 2.24) is 4.90 Å². The Morgan fingerprint density at radius 2 is 1.73 bits per heavy atom. The van der Waals surface area contributed by atoms with Crippen molar-refractivity contribution in [2.45, 2.75) is 32.9 Å². The van der Waals surface area contributed by atoms with E-state index in [0.717, 1.165) is 12.7 Å². The molecule has 0 aliphatic carbocycles. The lowest BCUT2D eigenvalue weighted by atomic mass is 10.1. The van der Waals surface area contributed by atoms with Crippen molar-refractivity contribution in [3.63, 3.8) is 0 Å². The van der Waals surface area contributed by atoms with Crippen LogP contribution in [0.1, 0.15) is 25.8 Å². The van der Waals surface area contributed by atoms with Gasteiger partial charge < -0.3 is 23.9 Å². The van der Waals surface area contributed by atoms with E-state index in [-0.39, 0.29) is 30.1 Å². The number of rotatable bonds is 9. The van der Waals surface area contributed by atoms with E-state index in [1.54, 1.807) is 35.2 Å². The minimum Gasteiger partial charge on any atom is -0.495 e. The molecule has 2 aromatic carbocycles. The van der Waals surface area contributed by atoms with Crippen LogP contribution in [0.2, 0.25) is 0 Å². The van der Waals surface area contributed by atoms with E-state index in [1.165, 1.54) is 14.2 Å². The van der Waals surface area contributed by atoms with Gasteiger partial charge in [0.25, 0.3) is 0 Å². The van der Waals surface area contributed by atoms with Crippen LogP contribution in [0, 0.1) is 0 Å². The second-order valence-corrected chi connectivity index (χ2v) is 8.36. The lowest BCUT2D eigenvalue weighted by molar-refractivity contribution is 0.187. The highest BCUT2D eigenvalue weighted by molar-refractivity contribution is 7.86. The molecule has 0 bridgehead atoms. The number of nitrogens with zero attached hydrogens (tertiary/aromatic N) is 1. The number of urea groups is 1. The average molecular weight is 437 g/mol. The van der Waals surface area contributed by atoms with Crippen LogP contribution in [-0.4, -0.2) is 45.9 Å². The number of ether oxygens (including phenoxy) is 2. The maximum absolute atomic E-state index is 13.0. The van der Waals surface area contributed by atoms with Crippen molar-refractivity contribution >= 4 is 21.8 Å². The van der Waals surface area contributed by atoms with Gasteiger partial charge in [0.1, 0.15) is 5.75 Å². The summed E-state index contributed by atoms with van der Waals surface area (Å²) in [5.41, 5.74) is 1.26. The number of carbonyl (C=O) groups is 1. The van der Waals surface area contributed by atoms with Crippen LogP contribution in [-0.2, 0) is 16.7 Å². The number of benzene rings is 2. The van der Waals surface area contributed by atoms with E-state index >= 15 is 0 Å². The Hall–Kier alpha value is -2.94. The summed E-state index contributed by atoms with van der Waals surface area (Å²) in [5.74, 6) is 0.924. The lowest BCUT2D eigenvalue weighted by Gasteiger charge is -2.29. The van der Waals surface area contributed by atoms with Crippen molar-refractivity contribution < 1.29 is 26.9 Å². The summed E-state index contributed by atoms with van der Waals surface area (Å²) in [6.07, 6.45) is 1.70. The number of carbonyl (C=O) groups excluding carboxylic acids is 1.